The van der Waals surface area contributed by atoms with E-state index in [-0.39, 0.29) is 17.9 Å². The minimum absolute atomic E-state index is 0. The smallest absolute Gasteiger partial charge is 0.134 e. The van der Waals surface area contributed by atoms with Crippen molar-refractivity contribution in [1.82, 2.24) is 5.32 Å². The minimum atomic E-state index is 0. The molecule has 0 aliphatic rings. The summed E-state index contributed by atoms with van der Waals surface area (Å²) in [5, 5.41) is 4.31. The fourth-order valence-electron chi connectivity index (χ4n) is 2.98. The van der Waals surface area contributed by atoms with Crippen molar-refractivity contribution in [3.05, 3.63) is 47.2 Å². The molecule has 4 heteroatoms. The third kappa shape index (κ3) is 6.58. The maximum absolute atomic E-state index is 6.03. The van der Waals surface area contributed by atoms with Gasteiger partial charge in [0.15, 0.2) is 0 Å². The van der Waals surface area contributed by atoms with Gasteiger partial charge < -0.3 is 9.73 Å². The Bertz CT molecular complexity index is 626. The lowest BCUT2D eigenvalue weighted by molar-refractivity contribution is 0.236. The first-order valence-electron chi connectivity index (χ1n) is 7.74. The van der Waals surface area contributed by atoms with Crippen LogP contribution in [0.15, 0.2) is 40.8 Å². The molecule has 0 aliphatic heterocycles. The van der Waals surface area contributed by atoms with Gasteiger partial charge in [0.1, 0.15) is 11.5 Å². The molecule has 2 nitrogen and oxygen atoms in total. The van der Waals surface area contributed by atoms with Gasteiger partial charge in [-0.25, -0.2) is 0 Å². The summed E-state index contributed by atoms with van der Waals surface area (Å²) >= 11 is 6.03. The Morgan fingerprint density at radius 3 is 2.35 bits per heavy atom. The van der Waals surface area contributed by atoms with Crippen LogP contribution < -0.4 is 5.32 Å². The van der Waals surface area contributed by atoms with E-state index >= 15 is 0 Å². The predicted octanol–water partition coefficient (Wildman–Crippen LogP) is 6.33. The molecule has 0 unspecified atom stereocenters. The Morgan fingerprint density at radius 2 is 1.74 bits per heavy atom. The van der Waals surface area contributed by atoms with Crippen molar-refractivity contribution in [2.75, 3.05) is 0 Å². The van der Waals surface area contributed by atoms with Crippen LogP contribution in [0.3, 0.4) is 0 Å². The maximum atomic E-state index is 6.03. The predicted molar refractivity (Wildman–Crippen MR) is 101 cm³/mol. The highest BCUT2D eigenvalue weighted by Gasteiger charge is 2.25. The van der Waals surface area contributed by atoms with Crippen molar-refractivity contribution in [1.29, 1.82) is 0 Å². The summed E-state index contributed by atoms with van der Waals surface area (Å²) in [4.78, 5) is 0. The molecule has 0 fully saturated rings. The van der Waals surface area contributed by atoms with Crippen LogP contribution in [-0.4, -0.2) is 5.54 Å². The van der Waals surface area contributed by atoms with Gasteiger partial charge in [-0.05, 0) is 49.9 Å². The first kappa shape index (κ1) is 20.1. The van der Waals surface area contributed by atoms with Gasteiger partial charge in [-0.2, -0.15) is 0 Å². The summed E-state index contributed by atoms with van der Waals surface area (Å²) in [7, 11) is 0. The lowest BCUT2D eigenvalue weighted by Gasteiger charge is -2.33. The van der Waals surface area contributed by atoms with Crippen molar-refractivity contribution >= 4 is 24.0 Å². The van der Waals surface area contributed by atoms with Crippen LogP contribution in [0.25, 0.3) is 11.3 Å². The Hall–Kier alpha value is -0.960. The van der Waals surface area contributed by atoms with E-state index in [1.54, 1.807) is 0 Å². The van der Waals surface area contributed by atoms with Gasteiger partial charge in [-0.15, -0.1) is 12.4 Å². The normalized spacial score (nSPS) is 12.1. The summed E-state index contributed by atoms with van der Waals surface area (Å²) in [6.45, 7) is 12.0. The second kappa shape index (κ2) is 7.74. The fraction of sp³-hybridized carbons (Fsp3) is 0.474. The molecule has 0 saturated heterocycles. The number of rotatable bonds is 5. The first-order chi connectivity index (χ1) is 10.1. The van der Waals surface area contributed by atoms with E-state index in [0.717, 1.165) is 35.1 Å². The summed E-state index contributed by atoms with van der Waals surface area (Å²) in [5.41, 5.74) is 1.38. The van der Waals surface area contributed by atoms with Gasteiger partial charge in [0.25, 0.3) is 0 Å². The molecule has 2 rings (SSSR count). The Morgan fingerprint density at radius 1 is 1.04 bits per heavy atom. The van der Waals surface area contributed by atoms with E-state index in [1.165, 1.54) is 0 Å². The molecule has 0 saturated carbocycles. The summed E-state index contributed by atoms with van der Waals surface area (Å²) in [5.74, 6) is 1.80. The monoisotopic (exact) mass is 355 g/mol. The average Bonchev–Trinajstić information content (AvgIpc) is 2.82. The molecular weight excluding hydrogens is 329 g/mol. The van der Waals surface area contributed by atoms with Gasteiger partial charge in [-0.3, -0.25) is 0 Å². The van der Waals surface area contributed by atoms with Crippen LogP contribution in [-0.2, 0) is 6.54 Å². The third-order valence-corrected chi connectivity index (χ3v) is 3.72. The summed E-state index contributed by atoms with van der Waals surface area (Å²) in [6.07, 6.45) is 1.10. The Labute approximate surface area is 151 Å². The molecule has 0 bridgehead atoms. The molecule has 0 amide bonds. The topological polar surface area (TPSA) is 25.2 Å². The van der Waals surface area contributed by atoms with Crippen molar-refractivity contribution in [2.45, 2.75) is 53.1 Å². The van der Waals surface area contributed by atoms with Crippen LogP contribution in [0.2, 0.25) is 5.02 Å². The fourth-order valence-corrected chi connectivity index (χ4v) is 3.17. The Kier molecular flexibility index (Phi) is 6.76. The van der Waals surface area contributed by atoms with Crippen LogP contribution in [0.1, 0.15) is 46.8 Å². The number of nitrogens with one attached hydrogen (secondary N) is 1. The van der Waals surface area contributed by atoms with E-state index in [1.807, 2.05) is 36.4 Å². The first-order valence-corrected chi connectivity index (χ1v) is 8.12. The van der Waals surface area contributed by atoms with Crippen LogP contribution in [0.4, 0.5) is 0 Å². The molecule has 0 spiro atoms. The second-order valence-corrected chi connectivity index (χ2v) is 8.19. The molecule has 0 aliphatic carbocycles. The standard InChI is InChI=1S/C19H26ClNO.ClH/c1-18(2,3)13-19(4,5)21-12-16-9-10-17(22-16)14-7-6-8-15(20)11-14;/h6-11,21H,12-13H2,1-5H3;1H. The van der Waals surface area contributed by atoms with Crippen LogP contribution in [0, 0.1) is 5.41 Å². The van der Waals surface area contributed by atoms with Gasteiger partial charge in [0, 0.05) is 16.1 Å². The van der Waals surface area contributed by atoms with E-state index in [4.69, 9.17) is 16.0 Å². The van der Waals surface area contributed by atoms with Crippen molar-refractivity contribution < 1.29 is 4.42 Å². The van der Waals surface area contributed by atoms with Crippen molar-refractivity contribution in [2.24, 2.45) is 5.41 Å². The second-order valence-electron chi connectivity index (χ2n) is 7.75. The molecule has 1 heterocycles. The summed E-state index contributed by atoms with van der Waals surface area (Å²) < 4.78 is 5.93. The molecule has 0 radical (unpaired) electrons. The average molecular weight is 356 g/mol. The molecule has 1 N–H and O–H groups in total. The Balaban J connectivity index is 0.00000264. The lowest BCUT2D eigenvalue weighted by Crippen LogP contribution is -2.41. The molecule has 1 aromatic carbocycles. The zero-order valence-electron chi connectivity index (χ0n) is 14.6. The van der Waals surface area contributed by atoms with Crippen LogP contribution in [0.5, 0.6) is 0 Å². The number of halogens is 2. The van der Waals surface area contributed by atoms with Crippen molar-refractivity contribution in [3.63, 3.8) is 0 Å². The summed E-state index contributed by atoms with van der Waals surface area (Å²) in [6, 6.07) is 11.7. The zero-order valence-corrected chi connectivity index (χ0v) is 16.1. The minimum Gasteiger partial charge on any atom is -0.460 e. The molecular formula is C19H27Cl2NO. The molecule has 0 atom stereocenters. The highest BCUT2D eigenvalue weighted by atomic mass is 35.5. The SMILES string of the molecule is CC(C)(C)CC(C)(C)NCc1ccc(-c2cccc(Cl)c2)o1.Cl. The van der Waals surface area contributed by atoms with Gasteiger partial charge in [-0.1, -0.05) is 44.5 Å². The molecule has 128 valence electrons. The van der Waals surface area contributed by atoms with E-state index in [9.17, 15) is 0 Å². The highest BCUT2D eigenvalue weighted by molar-refractivity contribution is 6.30. The molecule has 2 aromatic rings. The number of hydrogen-bond acceptors (Lipinski definition) is 2. The highest BCUT2D eigenvalue weighted by Crippen LogP contribution is 2.28. The van der Waals surface area contributed by atoms with Crippen molar-refractivity contribution in [3.8, 4) is 11.3 Å². The number of benzene rings is 1. The van der Waals surface area contributed by atoms with Gasteiger partial charge in [0.2, 0.25) is 0 Å². The third-order valence-electron chi connectivity index (χ3n) is 3.48. The van der Waals surface area contributed by atoms with E-state index in [0.29, 0.717) is 5.41 Å². The van der Waals surface area contributed by atoms with Crippen LogP contribution >= 0.6 is 24.0 Å². The van der Waals surface area contributed by atoms with E-state index < -0.39 is 0 Å². The number of hydrogen-bond donors (Lipinski definition) is 1. The van der Waals surface area contributed by atoms with Gasteiger partial charge in [0.05, 0.1) is 6.54 Å². The molecule has 1 aromatic heterocycles. The zero-order chi connectivity index (χ0) is 16.4. The number of furan rings is 1. The largest absolute Gasteiger partial charge is 0.460 e. The quantitative estimate of drug-likeness (QED) is 0.677. The maximum Gasteiger partial charge on any atom is 0.134 e. The lowest BCUT2D eigenvalue weighted by atomic mass is 9.82. The molecule has 23 heavy (non-hydrogen) atoms. The van der Waals surface area contributed by atoms with Gasteiger partial charge >= 0.3 is 0 Å². The van der Waals surface area contributed by atoms with E-state index in [2.05, 4.69) is 39.9 Å².